The molecule has 0 saturated carbocycles. The zero-order chi connectivity index (χ0) is 13.6. The van der Waals surface area contributed by atoms with Crippen molar-refractivity contribution in [3.05, 3.63) is 21.9 Å². The van der Waals surface area contributed by atoms with Gasteiger partial charge in [0.25, 0.3) is 0 Å². The number of carbonyl (C=O) groups is 1. The van der Waals surface area contributed by atoms with E-state index in [0.717, 1.165) is 16.0 Å². The molecule has 1 aromatic heterocycles. The number of amides is 1. The monoisotopic (exact) mass is 286 g/mol. The first-order valence-corrected chi connectivity index (χ1v) is 8.00. The van der Waals surface area contributed by atoms with Gasteiger partial charge in [-0.1, -0.05) is 11.8 Å². The van der Waals surface area contributed by atoms with Crippen molar-refractivity contribution in [3.8, 4) is 11.8 Å². The van der Waals surface area contributed by atoms with Crippen LogP contribution < -0.4 is 11.1 Å². The van der Waals surface area contributed by atoms with Crippen molar-refractivity contribution < 1.29 is 13.2 Å². The highest BCUT2D eigenvalue weighted by atomic mass is 32.2. The van der Waals surface area contributed by atoms with Crippen LogP contribution in [0, 0.1) is 11.8 Å². The number of rotatable bonds is 4. The molecule has 0 aliphatic heterocycles. The van der Waals surface area contributed by atoms with Gasteiger partial charge in [-0.2, -0.15) is 0 Å². The molecule has 0 radical (unpaired) electrons. The first kappa shape index (κ1) is 14.7. The summed E-state index contributed by atoms with van der Waals surface area (Å²) < 4.78 is 21.8. The molecule has 0 spiro atoms. The molecule has 0 saturated heterocycles. The maximum Gasteiger partial charge on any atom is 0.235 e. The van der Waals surface area contributed by atoms with Crippen molar-refractivity contribution in [1.82, 2.24) is 5.32 Å². The van der Waals surface area contributed by atoms with Crippen LogP contribution in [0.1, 0.15) is 9.75 Å². The second-order valence-electron chi connectivity index (χ2n) is 3.62. The summed E-state index contributed by atoms with van der Waals surface area (Å²) >= 11 is 1.44. The fourth-order valence-electron chi connectivity index (χ4n) is 1.15. The van der Waals surface area contributed by atoms with Gasteiger partial charge in [-0.3, -0.25) is 4.79 Å². The van der Waals surface area contributed by atoms with Crippen molar-refractivity contribution in [2.45, 2.75) is 6.54 Å². The molecule has 1 amide bonds. The molecule has 0 unspecified atom stereocenters. The minimum atomic E-state index is -3.28. The molecule has 18 heavy (non-hydrogen) atoms. The molecule has 1 aromatic rings. The van der Waals surface area contributed by atoms with Gasteiger partial charge in [0.1, 0.15) is 5.75 Å². The summed E-state index contributed by atoms with van der Waals surface area (Å²) in [6.45, 7) is 0.613. The lowest BCUT2D eigenvalue weighted by Gasteiger charge is -2.01. The maximum absolute atomic E-state index is 11.3. The van der Waals surface area contributed by atoms with Crippen molar-refractivity contribution >= 4 is 27.1 Å². The van der Waals surface area contributed by atoms with Crippen molar-refractivity contribution in [3.63, 3.8) is 0 Å². The van der Waals surface area contributed by atoms with E-state index in [1.54, 1.807) is 0 Å². The number of nitrogens with two attached hydrogens (primary N) is 1. The van der Waals surface area contributed by atoms with Gasteiger partial charge in [0, 0.05) is 11.1 Å². The highest BCUT2D eigenvalue weighted by Gasteiger charge is 2.10. The molecule has 3 N–H and O–H groups in total. The van der Waals surface area contributed by atoms with Crippen LogP contribution in [0.15, 0.2) is 12.1 Å². The lowest BCUT2D eigenvalue weighted by molar-refractivity contribution is -0.118. The zero-order valence-corrected chi connectivity index (χ0v) is 11.5. The van der Waals surface area contributed by atoms with E-state index in [0.29, 0.717) is 13.1 Å². The Hall–Kier alpha value is -1.36. The van der Waals surface area contributed by atoms with Gasteiger partial charge in [-0.15, -0.1) is 11.3 Å². The van der Waals surface area contributed by atoms with Gasteiger partial charge in [-0.05, 0) is 12.1 Å². The molecule has 0 aliphatic carbocycles. The Bertz CT molecular complexity index is 579. The van der Waals surface area contributed by atoms with Crippen LogP contribution >= 0.6 is 11.3 Å². The topological polar surface area (TPSA) is 89.3 Å². The van der Waals surface area contributed by atoms with E-state index >= 15 is 0 Å². The predicted octanol–water partition coefficient (Wildman–Crippen LogP) is -0.281. The third-order valence-corrected chi connectivity index (χ3v) is 3.62. The number of nitrogens with one attached hydrogen (secondary N) is 1. The fourth-order valence-corrected chi connectivity index (χ4v) is 2.55. The lowest BCUT2D eigenvalue weighted by Crippen LogP contribution is -2.29. The molecule has 0 bridgehead atoms. The predicted molar refractivity (Wildman–Crippen MR) is 71.8 cm³/mol. The van der Waals surface area contributed by atoms with Crippen LogP contribution in [0.4, 0.5) is 0 Å². The number of sulfone groups is 1. The number of carbonyl (C=O) groups excluding carboxylic acids is 1. The maximum atomic E-state index is 11.3. The van der Waals surface area contributed by atoms with Gasteiger partial charge in [0.15, 0.2) is 9.84 Å². The quantitative estimate of drug-likeness (QED) is 0.745. The van der Waals surface area contributed by atoms with Crippen molar-refractivity contribution in [1.29, 1.82) is 0 Å². The van der Waals surface area contributed by atoms with E-state index in [1.165, 1.54) is 11.3 Å². The number of hydrogen-bond acceptors (Lipinski definition) is 5. The first-order chi connectivity index (χ1) is 8.40. The highest BCUT2D eigenvalue weighted by molar-refractivity contribution is 7.91. The van der Waals surface area contributed by atoms with Crippen LogP contribution in [0.5, 0.6) is 0 Å². The van der Waals surface area contributed by atoms with E-state index in [2.05, 4.69) is 17.2 Å². The van der Waals surface area contributed by atoms with E-state index in [9.17, 15) is 13.2 Å². The van der Waals surface area contributed by atoms with Gasteiger partial charge >= 0.3 is 0 Å². The molecule has 98 valence electrons. The van der Waals surface area contributed by atoms with Crippen molar-refractivity contribution in [2.24, 2.45) is 5.73 Å². The Morgan fingerprint density at radius 2 is 2.22 bits per heavy atom. The summed E-state index contributed by atoms with van der Waals surface area (Å²) in [6, 6.07) is 3.68. The fraction of sp³-hybridized carbons (Fsp3) is 0.364. The van der Waals surface area contributed by atoms with Gasteiger partial charge in [0.2, 0.25) is 5.91 Å². The smallest absolute Gasteiger partial charge is 0.235 e. The summed E-state index contributed by atoms with van der Waals surface area (Å²) in [7, 11) is -3.28. The molecule has 0 aliphatic rings. The number of thiophene rings is 1. The van der Waals surface area contributed by atoms with Crippen LogP contribution in [0.25, 0.3) is 0 Å². The van der Waals surface area contributed by atoms with Crippen LogP contribution in [-0.2, 0) is 21.2 Å². The molecule has 0 aromatic carbocycles. The molecule has 7 heteroatoms. The third kappa shape index (κ3) is 5.82. The largest absolute Gasteiger partial charge is 0.350 e. The Morgan fingerprint density at radius 1 is 1.50 bits per heavy atom. The molecular formula is C11H14N2O3S2. The van der Waals surface area contributed by atoms with Crippen LogP contribution in [0.2, 0.25) is 0 Å². The second-order valence-corrected chi connectivity index (χ2v) is 6.93. The summed E-state index contributed by atoms with van der Waals surface area (Å²) in [5.74, 6) is 4.63. The molecule has 1 rings (SSSR count). The summed E-state index contributed by atoms with van der Waals surface area (Å²) in [6.07, 6.45) is 1.03. The number of hydrogen-bond donors (Lipinski definition) is 2. The highest BCUT2D eigenvalue weighted by Crippen LogP contribution is 2.14. The molecular weight excluding hydrogens is 272 g/mol. The molecule has 0 atom stereocenters. The van der Waals surface area contributed by atoms with Crippen LogP contribution in [0.3, 0.4) is 0 Å². The normalized spacial score (nSPS) is 10.6. The van der Waals surface area contributed by atoms with Gasteiger partial charge in [0.05, 0.1) is 18.0 Å². The van der Waals surface area contributed by atoms with E-state index in [-0.39, 0.29) is 0 Å². The summed E-state index contributed by atoms with van der Waals surface area (Å²) in [4.78, 5) is 13.1. The van der Waals surface area contributed by atoms with Gasteiger partial charge in [-0.25, -0.2) is 8.42 Å². The standard InChI is InChI=1S/C11H14N2O3S2/c1-18(15,16)8-11(14)13-7-10-5-4-9(17-10)3-2-6-12/h4-5H,6-8,12H2,1H3,(H,13,14). The Labute approximate surface area is 110 Å². The second kappa shape index (κ2) is 6.54. The average molecular weight is 286 g/mol. The SMILES string of the molecule is CS(=O)(=O)CC(=O)NCc1ccc(C#CCN)s1. The van der Waals surface area contributed by atoms with Gasteiger partial charge < -0.3 is 11.1 Å². The summed E-state index contributed by atoms with van der Waals surface area (Å²) in [5, 5.41) is 2.54. The first-order valence-electron chi connectivity index (χ1n) is 5.13. The Balaban J connectivity index is 2.49. The average Bonchev–Trinajstić information content (AvgIpc) is 2.69. The molecule has 0 fully saturated rings. The minimum absolute atomic E-state index is 0.304. The van der Waals surface area contributed by atoms with E-state index in [1.807, 2.05) is 12.1 Å². The molecule has 1 heterocycles. The summed E-state index contributed by atoms with van der Waals surface area (Å²) in [5.41, 5.74) is 5.26. The van der Waals surface area contributed by atoms with Crippen molar-refractivity contribution in [2.75, 3.05) is 18.6 Å². The minimum Gasteiger partial charge on any atom is -0.350 e. The Kier molecular flexibility index (Phi) is 5.34. The van der Waals surface area contributed by atoms with Crippen LogP contribution in [-0.4, -0.2) is 32.9 Å². The van der Waals surface area contributed by atoms with E-state index in [4.69, 9.17) is 5.73 Å². The van der Waals surface area contributed by atoms with E-state index < -0.39 is 21.5 Å². The zero-order valence-electron chi connectivity index (χ0n) is 9.89. The lowest BCUT2D eigenvalue weighted by atomic mass is 10.4. The molecule has 5 nitrogen and oxygen atoms in total. The Morgan fingerprint density at radius 3 is 2.83 bits per heavy atom. The third-order valence-electron chi connectivity index (χ3n) is 1.83.